The van der Waals surface area contributed by atoms with Gasteiger partial charge in [0.1, 0.15) is 11.5 Å². The molecule has 0 saturated carbocycles. The fraction of sp³-hybridized carbons (Fsp3) is 0.400. The molecule has 0 aromatic carbocycles. The van der Waals surface area contributed by atoms with Crippen LogP contribution in [0.15, 0.2) is 10.6 Å². The molecule has 2 aromatic rings. The lowest BCUT2D eigenvalue weighted by atomic mass is 10.3. The molecule has 0 amide bonds. The summed E-state index contributed by atoms with van der Waals surface area (Å²) in [5, 5.41) is 8.24. The third kappa shape index (κ3) is 1.72. The first-order chi connectivity index (χ1) is 7.08. The normalized spacial score (nSPS) is 10.9. The predicted octanol–water partition coefficient (Wildman–Crippen LogP) is 1.43. The van der Waals surface area contributed by atoms with E-state index in [0.29, 0.717) is 6.54 Å². The summed E-state index contributed by atoms with van der Waals surface area (Å²) in [6.45, 7) is 6.31. The Balaban J connectivity index is 2.28. The van der Waals surface area contributed by atoms with Gasteiger partial charge in [-0.1, -0.05) is 5.16 Å². The molecule has 0 radical (unpaired) electrons. The van der Waals surface area contributed by atoms with Gasteiger partial charge in [0.15, 0.2) is 0 Å². The summed E-state index contributed by atoms with van der Waals surface area (Å²) in [4.78, 5) is 0. The molecular formula is C10H14N4O. The second-order valence-electron chi connectivity index (χ2n) is 3.67. The van der Waals surface area contributed by atoms with Gasteiger partial charge < -0.3 is 10.3 Å². The molecule has 80 valence electrons. The van der Waals surface area contributed by atoms with Gasteiger partial charge in [-0.05, 0) is 20.8 Å². The first-order valence-corrected chi connectivity index (χ1v) is 4.79. The molecule has 0 saturated heterocycles. The predicted molar refractivity (Wildman–Crippen MR) is 56.5 cm³/mol. The van der Waals surface area contributed by atoms with Crippen molar-refractivity contribution in [3.63, 3.8) is 0 Å². The van der Waals surface area contributed by atoms with Gasteiger partial charge in [0.25, 0.3) is 0 Å². The monoisotopic (exact) mass is 206 g/mol. The van der Waals surface area contributed by atoms with Crippen LogP contribution in [0.5, 0.6) is 0 Å². The van der Waals surface area contributed by atoms with Gasteiger partial charge in [0.05, 0.1) is 23.6 Å². The quantitative estimate of drug-likeness (QED) is 0.806. The van der Waals surface area contributed by atoms with Crippen molar-refractivity contribution < 1.29 is 4.52 Å². The molecule has 0 bridgehead atoms. The highest BCUT2D eigenvalue weighted by atomic mass is 16.5. The van der Waals surface area contributed by atoms with Crippen LogP contribution in [-0.2, 0) is 6.54 Å². The van der Waals surface area contributed by atoms with Gasteiger partial charge in [-0.3, -0.25) is 4.68 Å². The molecule has 0 spiro atoms. The van der Waals surface area contributed by atoms with E-state index in [1.165, 1.54) is 0 Å². The van der Waals surface area contributed by atoms with Crippen molar-refractivity contribution in [1.82, 2.24) is 14.9 Å². The Morgan fingerprint density at radius 3 is 2.60 bits per heavy atom. The number of nitrogens with two attached hydrogens (primary N) is 1. The minimum absolute atomic E-state index is 0.598. The Morgan fingerprint density at radius 2 is 2.13 bits per heavy atom. The molecule has 2 heterocycles. The van der Waals surface area contributed by atoms with Crippen LogP contribution in [-0.4, -0.2) is 14.9 Å². The molecule has 2 rings (SSSR count). The Labute approximate surface area is 87.9 Å². The highest BCUT2D eigenvalue weighted by Crippen LogP contribution is 2.16. The number of nitrogen functional groups attached to an aromatic ring is 1. The van der Waals surface area contributed by atoms with Crippen molar-refractivity contribution in [2.45, 2.75) is 27.3 Å². The second kappa shape index (κ2) is 3.42. The molecular weight excluding hydrogens is 192 g/mol. The van der Waals surface area contributed by atoms with E-state index in [1.807, 2.05) is 31.5 Å². The van der Waals surface area contributed by atoms with Crippen molar-refractivity contribution in [1.29, 1.82) is 0 Å². The van der Waals surface area contributed by atoms with E-state index in [1.54, 1.807) is 0 Å². The Morgan fingerprint density at radius 1 is 1.40 bits per heavy atom. The second-order valence-corrected chi connectivity index (χ2v) is 3.67. The summed E-state index contributed by atoms with van der Waals surface area (Å²) in [6, 6.07) is 1.90. The van der Waals surface area contributed by atoms with E-state index < -0.39 is 0 Å². The van der Waals surface area contributed by atoms with Crippen LogP contribution in [0, 0.1) is 20.8 Å². The minimum Gasteiger partial charge on any atom is -0.396 e. The average molecular weight is 206 g/mol. The maximum Gasteiger partial charge on any atom is 0.133 e. The summed E-state index contributed by atoms with van der Waals surface area (Å²) < 4.78 is 6.83. The van der Waals surface area contributed by atoms with Crippen LogP contribution in [0.3, 0.4) is 0 Å². The van der Waals surface area contributed by atoms with Crippen molar-refractivity contribution >= 4 is 5.69 Å². The molecule has 0 aliphatic heterocycles. The molecule has 0 fully saturated rings. The fourth-order valence-electron chi connectivity index (χ4n) is 1.51. The van der Waals surface area contributed by atoms with Gasteiger partial charge in [-0.25, -0.2) is 0 Å². The van der Waals surface area contributed by atoms with Crippen molar-refractivity contribution in [2.24, 2.45) is 0 Å². The van der Waals surface area contributed by atoms with Gasteiger partial charge in [0.2, 0.25) is 0 Å². The zero-order valence-electron chi connectivity index (χ0n) is 9.11. The molecule has 5 heteroatoms. The van der Waals surface area contributed by atoms with Crippen LogP contribution in [0.2, 0.25) is 0 Å². The SMILES string of the molecule is Cc1cc(Cn2nc(C)c(N)c2C)no1. The lowest BCUT2D eigenvalue weighted by Gasteiger charge is -2.00. The highest BCUT2D eigenvalue weighted by molar-refractivity contribution is 5.46. The van der Waals surface area contributed by atoms with Crippen molar-refractivity contribution in [3.8, 4) is 0 Å². The summed E-state index contributed by atoms with van der Waals surface area (Å²) >= 11 is 0. The average Bonchev–Trinajstić information content (AvgIpc) is 2.68. The van der Waals surface area contributed by atoms with E-state index in [-0.39, 0.29) is 0 Å². The highest BCUT2D eigenvalue weighted by Gasteiger charge is 2.09. The molecule has 0 aliphatic rings. The van der Waals surface area contributed by atoms with Crippen molar-refractivity contribution in [3.05, 3.63) is 28.9 Å². The number of aromatic nitrogens is 3. The number of hydrogen-bond acceptors (Lipinski definition) is 4. The van der Waals surface area contributed by atoms with Gasteiger partial charge in [-0.2, -0.15) is 5.10 Å². The molecule has 2 N–H and O–H groups in total. The summed E-state index contributed by atoms with van der Waals surface area (Å²) in [7, 11) is 0. The zero-order valence-corrected chi connectivity index (χ0v) is 9.11. The topological polar surface area (TPSA) is 69.9 Å². The maximum atomic E-state index is 5.83. The van der Waals surface area contributed by atoms with Crippen LogP contribution < -0.4 is 5.73 Å². The van der Waals surface area contributed by atoms with Crippen molar-refractivity contribution in [2.75, 3.05) is 5.73 Å². The zero-order chi connectivity index (χ0) is 11.0. The van der Waals surface area contributed by atoms with E-state index in [4.69, 9.17) is 10.3 Å². The number of nitrogens with zero attached hydrogens (tertiary/aromatic N) is 3. The Kier molecular flexibility index (Phi) is 2.22. The lowest BCUT2D eigenvalue weighted by molar-refractivity contribution is 0.387. The summed E-state index contributed by atoms with van der Waals surface area (Å²) in [5.41, 5.74) is 9.26. The molecule has 0 atom stereocenters. The molecule has 5 nitrogen and oxygen atoms in total. The first-order valence-electron chi connectivity index (χ1n) is 4.79. The molecule has 0 unspecified atom stereocenters. The first kappa shape index (κ1) is 9.76. The van der Waals surface area contributed by atoms with E-state index >= 15 is 0 Å². The standard InChI is InChI=1S/C10H14N4O/c1-6-4-9(13-15-6)5-14-8(3)10(11)7(2)12-14/h4H,5,11H2,1-3H3. The molecule has 15 heavy (non-hydrogen) atoms. The molecule has 2 aromatic heterocycles. The Bertz CT molecular complexity index is 484. The molecule has 0 aliphatic carbocycles. The number of aryl methyl sites for hydroxylation is 2. The fourth-order valence-corrected chi connectivity index (χ4v) is 1.51. The third-order valence-electron chi connectivity index (χ3n) is 2.43. The van der Waals surface area contributed by atoms with Crippen LogP contribution >= 0.6 is 0 Å². The largest absolute Gasteiger partial charge is 0.396 e. The summed E-state index contributed by atoms with van der Waals surface area (Å²) in [5.74, 6) is 0.805. The summed E-state index contributed by atoms with van der Waals surface area (Å²) in [6.07, 6.45) is 0. The van der Waals surface area contributed by atoms with Crippen LogP contribution in [0.4, 0.5) is 5.69 Å². The van der Waals surface area contributed by atoms with Crippen LogP contribution in [0.1, 0.15) is 22.8 Å². The smallest absolute Gasteiger partial charge is 0.133 e. The van der Waals surface area contributed by atoms with Gasteiger partial charge in [-0.15, -0.1) is 0 Å². The van der Waals surface area contributed by atoms with E-state index in [9.17, 15) is 0 Å². The number of anilines is 1. The third-order valence-corrected chi connectivity index (χ3v) is 2.43. The van der Waals surface area contributed by atoms with Crippen LogP contribution in [0.25, 0.3) is 0 Å². The van der Waals surface area contributed by atoms with E-state index in [0.717, 1.165) is 28.5 Å². The minimum atomic E-state index is 0.598. The Hall–Kier alpha value is -1.78. The number of rotatable bonds is 2. The van der Waals surface area contributed by atoms with E-state index in [2.05, 4.69) is 10.3 Å². The number of hydrogen-bond donors (Lipinski definition) is 1. The lowest BCUT2D eigenvalue weighted by Crippen LogP contribution is -2.04. The van der Waals surface area contributed by atoms with Gasteiger partial charge in [0, 0.05) is 6.07 Å². The van der Waals surface area contributed by atoms with Gasteiger partial charge >= 0.3 is 0 Å². The maximum absolute atomic E-state index is 5.83.